The molecular formula is C5H11KO2. The van der Waals surface area contributed by atoms with Crippen LogP contribution in [0.4, 0.5) is 0 Å². The van der Waals surface area contributed by atoms with E-state index in [0.29, 0.717) is 13.0 Å². The van der Waals surface area contributed by atoms with Crippen molar-refractivity contribution in [3.05, 3.63) is 0 Å². The van der Waals surface area contributed by atoms with E-state index in [1.807, 2.05) is 0 Å². The molecule has 0 saturated heterocycles. The quantitative estimate of drug-likeness (QED) is 0.388. The van der Waals surface area contributed by atoms with Crippen LogP contribution in [0, 0.1) is 0 Å². The van der Waals surface area contributed by atoms with Crippen LogP contribution in [-0.2, 0) is 4.74 Å². The summed E-state index contributed by atoms with van der Waals surface area (Å²) >= 11 is 0. The minimum Gasteiger partial charge on any atom is -0.852 e. The Hall–Kier alpha value is 1.56. The molecular weight excluding hydrogens is 131 g/mol. The molecule has 0 bridgehead atoms. The Morgan fingerprint density at radius 3 is 2.25 bits per heavy atom. The van der Waals surface area contributed by atoms with Crippen molar-refractivity contribution in [2.75, 3.05) is 13.7 Å². The van der Waals surface area contributed by atoms with Gasteiger partial charge in [0.15, 0.2) is 0 Å². The Kier molecular flexibility index (Phi) is 13.1. The van der Waals surface area contributed by atoms with Gasteiger partial charge in [-0.25, -0.2) is 0 Å². The summed E-state index contributed by atoms with van der Waals surface area (Å²) < 4.78 is 4.65. The van der Waals surface area contributed by atoms with Crippen molar-refractivity contribution in [1.29, 1.82) is 0 Å². The Labute approximate surface area is 93.0 Å². The van der Waals surface area contributed by atoms with E-state index < -0.39 is 6.10 Å². The molecule has 0 aliphatic heterocycles. The van der Waals surface area contributed by atoms with Crippen LogP contribution in [0.3, 0.4) is 0 Å². The fourth-order valence-electron chi connectivity index (χ4n) is 0.284. The second kappa shape index (κ2) is 8.56. The normalized spacial score (nSPS) is 12.4. The summed E-state index contributed by atoms with van der Waals surface area (Å²) in [5, 5.41) is 10.2. The second-order valence-electron chi connectivity index (χ2n) is 1.59. The predicted octanol–water partition coefficient (Wildman–Crippen LogP) is -3.22. The molecule has 44 valence electrons. The molecule has 3 heteroatoms. The molecule has 0 fully saturated rings. The summed E-state index contributed by atoms with van der Waals surface area (Å²) in [6.07, 6.45) is 0.149. The van der Waals surface area contributed by atoms with E-state index in [-0.39, 0.29) is 51.4 Å². The minimum absolute atomic E-state index is 0. The topological polar surface area (TPSA) is 32.3 Å². The van der Waals surface area contributed by atoms with Crippen LogP contribution in [-0.4, -0.2) is 19.8 Å². The monoisotopic (exact) mass is 142 g/mol. The summed E-state index contributed by atoms with van der Waals surface area (Å²) in [5.74, 6) is 0. The van der Waals surface area contributed by atoms with Gasteiger partial charge in [0.1, 0.15) is 0 Å². The number of ether oxygens (including phenoxy) is 1. The summed E-state index contributed by atoms with van der Waals surface area (Å²) in [4.78, 5) is 0. The Morgan fingerprint density at radius 1 is 1.62 bits per heavy atom. The third kappa shape index (κ3) is 10.5. The smallest absolute Gasteiger partial charge is 0.852 e. The number of hydrogen-bond acceptors (Lipinski definition) is 2. The van der Waals surface area contributed by atoms with Gasteiger partial charge < -0.3 is 9.84 Å². The zero-order valence-corrected chi connectivity index (χ0v) is 8.93. The van der Waals surface area contributed by atoms with Crippen LogP contribution >= 0.6 is 0 Å². The standard InChI is InChI=1S/C5H11O2.K/c1-5(6)3-4-7-2;/h5H,3-4H2,1-2H3;/q-1;+1. The van der Waals surface area contributed by atoms with Crippen molar-refractivity contribution < 1.29 is 61.2 Å². The van der Waals surface area contributed by atoms with Gasteiger partial charge in [0.2, 0.25) is 0 Å². The molecule has 1 atom stereocenters. The third-order valence-corrected chi connectivity index (χ3v) is 0.729. The molecule has 0 amide bonds. The third-order valence-electron chi connectivity index (χ3n) is 0.729. The summed E-state index contributed by atoms with van der Waals surface area (Å²) in [7, 11) is 1.60. The van der Waals surface area contributed by atoms with E-state index in [9.17, 15) is 5.11 Å². The second-order valence-corrected chi connectivity index (χ2v) is 1.59. The molecule has 0 aromatic heterocycles. The van der Waals surface area contributed by atoms with Crippen LogP contribution in [0.25, 0.3) is 0 Å². The summed E-state index contributed by atoms with van der Waals surface area (Å²) in [6.45, 7) is 2.23. The zero-order valence-electron chi connectivity index (χ0n) is 5.81. The SMILES string of the molecule is COCCC(C)[O-].[K+]. The average Bonchev–Trinajstić information content (AvgIpc) is 1.61. The minimum atomic E-state index is -0.472. The number of hydrogen-bond donors (Lipinski definition) is 0. The number of methoxy groups -OCH3 is 1. The Bertz CT molecular complexity index is 39.4. The maximum Gasteiger partial charge on any atom is 1.00 e. The molecule has 8 heavy (non-hydrogen) atoms. The van der Waals surface area contributed by atoms with Crippen LogP contribution in [0.5, 0.6) is 0 Å². The van der Waals surface area contributed by atoms with Gasteiger partial charge in [0.05, 0.1) is 0 Å². The fraction of sp³-hybridized carbons (Fsp3) is 1.00. The first-order chi connectivity index (χ1) is 3.27. The van der Waals surface area contributed by atoms with Gasteiger partial charge in [-0.05, 0) is 6.42 Å². The van der Waals surface area contributed by atoms with Crippen molar-refractivity contribution in [2.24, 2.45) is 0 Å². The molecule has 0 heterocycles. The first-order valence-electron chi connectivity index (χ1n) is 2.42. The van der Waals surface area contributed by atoms with E-state index in [0.717, 1.165) is 0 Å². The maximum atomic E-state index is 10.2. The molecule has 0 N–H and O–H groups in total. The van der Waals surface area contributed by atoms with Crippen molar-refractivity contribution >= 4 is 0 Å². The molecule has 2 nitrogen and oxygen atoms in total. The van der Waals surface area contributed by atoms with E-state index in [4.69, 9.17) is 0 Å². The molecule has 1 unspecified atom stereocenters. The first kappa shape index (κ1) is 12.3. The molecule has 0 aromatic carbocycles. The van der Waals surface area contributed by atoms with Crippen LogP contribution in [0.2, 0.25) is 0 Å². The van der Waals surface area contributed by atoms with Gasteiger partial charge in [0, 0.05) is 13.7 Å². The summed E-state index contributed by atoms with van der Waals surface area (Å²) in [6, 6.07) is 0. The Morgan fingerprint density at radius 2 is 2.12 bits per heavy atom. The van der Waals surface area contributed by atoms with E-state index in [2.05, 4.69) is 4.74 Å². The van der Waals surface area contributed by atoms with Gasteiger partial charge in [-0.2, -0.15) is 0 Å². The molecule has 0 spiro atoms. The van der Waals surface area contributed by atoms with Crippen molar-refractivity contribution in [1.82, 2.24) is 0 Å². The van der Waals surface area contributed by atoms with Crippen LogP contribution < -0.4 is 56.5 Å². The Balaban J connectivity index is 0. The molecule has 0 rings (SSSR count). The molecule has 0 aromatic rings. The predicted molar refractivity (Wildman–Crippen MR) is 26.0 cm³/mol. The maximum absolute atomic E-state index is 10.2. The summed E-state index contributed by atoms with van der Waals surface area (Å²) in [5.41, 5.74) is 0. The van der Waals surface area contributed by atoms with Gasteiger partial charge in [-0.1, -0.05) is 6.92 Å². The van der Waals surface area contributed by atoms with Crippen molar-refractivity contribution in [3.8, 4) is 0 Å². The zero-order chi connectivity index (χ0) is 5.70. The number of rotatable bonds is 3. The molecule has 0 aliphatic carbocycles. The molecule has 0 aliphatic rings. The molecule has 0 saturated carbocycles. The fourth-order valence-corrected chi connectivity index (χ4v) is 0.284. The van der Waals surface area contributed by atoms with E-state index >= 15 is 0 Å². The van der Waals surface area contributed by atoms with E-state index in [1.165, 1.54) is 0 Å². The van der Waals surface area contributed by atoms with Gasteiger partial charge >= 0.3 is 51.4 Å². The molecule has 0 radical (unpaired) electrons. The van der Waals surface area contributed by atoms with Gasteiger partial charge in [-0.3, -0.25) is 0 Å². The first-order valence-corrected chi connectivity index (χ1v) is 2.42. The average molecular weight is 142 g/mol. The van der Waals surface area contributed by atoms with Crippen LogP contribution in [0.15, 0.2) is 0 Å². The van der Waals surface area contributed by atoms with Crippen molar-refractivity contribution in [2.45, 2.75) is 19.4 Å². The largest absolute Gasteiger partial charge is 1.00 e. The van der Waals surface area contributed by atoms with E-state index in [1.54, 1.807) is 14.0 Å². The van der Waals surface area contributed by atoms with Gasteiger partial charge in [-0.15, -0.1) is 6.10 Å². The van der Waals surface area contributed by atoms with Crippen LogP contribution in [0.1, 0.15) is 13.3 Å². The van der Waals surface area contributed by atoms with Gasteiger partial charge in [0.25, 0.3) is 0 Å². The van der Waals surface area contributed by atoms with Crippen molar-refractivity contribution in [3.63, 3.8) is 0 Å².